The molecule has 4 heteroatoms. The minimum absolute atomic E-state index is 0.0757. The molecule has 1 aromatic heterocycles. The number of hydrogen-bond donors (Lipinski definition) is 0. The van der Waals surface area contributed by atoms with Gasteiger partial charge in [-0.05, 0) is 33.6 Å². The second-order valence-corrected chi connectivity index (χ2v) is 5.84. The van der Waals surface area contributed by atoms with Crippen LogP contribution in [0.25, 0.3) is 11.0 Å². The molecule has 0 bridgehead atoms. The van der Waals surface area contributed by atoms with Gasteiger partial charge in [0.25, 0.3) is 0 Å². The third-order valence-electron chi connectivity index (χ3n) is 3.73. The summed E-state index contributed by atoms with van der Waals surface area (Å²) >= 11 is 0. The molecule has 106 valence electrons. The molecule has 1 aliphatic rings. The third-order valence-corrected chi connectivity index (χ3v) is 3.73. The normalized spacial score (nSPS) is 16.6. The minimum Gasteiger partial charge on any atom is -0.496 e. The molecule has 0 fully saturated rings. The summed E-state index contributed by atoms with van der Waals surface area (Å²) in [6, 6.07) is 3.29. The van der Waals surface area contributed by atoms with Gasteiger partial charge >= 0.3 is 0 Å². The van der Waals surface area contributed by atoms with Crippen LogP contribution in [-0.2, 0) is 6.42 Å². The second-order valence-electron chi connectivity index (χ2n) is 5.84. The molecule has 4 nitrogen and oxygen atoms in total. The standard InChI is InChI=1S/C16H18O4/c1-9-7-11(17)14-13(18-4)8-12-10(15(14)19-9)5-6-16(2,3)20-12/h7-8H,5-6H2,1-4H3. The average Bonchev–Trinajstić information content (AvgIpc) is 2.35. The zero-order chi connectivity index (χ0) is 14.5. The van der Waals surface area contributed by atoms with Crippen LogP contribution in [0.15, 0.2) is 21.3 Å². The fourth-order valence-corrected chi connectivity index (χ4v) is 2.71. The lowest BCUT2D eigenvalue weighted by molar-refractivity contribution is 0.0846. The van der Waals surface area contributed by atoms with Crippen LogP contribution in [-0.4, -0.2) is 12.7 Å². The summed E-state index contributed by atoms with van der Waals surface area (Å²) in [6.45, 7) is 5.89. The zero-order valence-corrected chi connectivity index (χ0v) is 12.2. The molecule has 0 aliphatic carbocycles. The Bertz CT molecular complexity index is 740. The second kappa shape index (κ2) is 4.27. The van der Waals surface area contributed by atoms with Gasteiger partial charge in [-0.15, -0.1) is 0 Å². The predicted molar refractivity (Wildman–Crippen MR) is 76.8 cm³/mol. The maximum atomic E-state index is 12.2. The van der Waals surface area contributed by atoms with Gasteiger partial charge < -0.3 is 13.9 Å². The summed E-state index contributed by atoms with van der Waals surface area (Å²) in [7, 11) is 1.55. The Morgan fingerprint density at radius 3 is 2.75 bits per heavy atom. The molecule has 0 saturated heterocycles. The molecule has 1 aliphatic heterocycles. The van der Waals surface area contributed by atoms with Crippen molar-refractivity contribution in [3.8, 4) is 11.5 Å². The number of methoxy groups -OCH3 is 1. The molecular weight excluding hydrogens is 256 g/mol. The van der Waals surface area contributed by atoms with Crippen molar-refractivity contribution in [3.05, 3.63) is 33.7 Å². The van der Waals surface area contributed by atoms with Crippen molar-refractivity contribution in [2.45, 2.75) is 39.2 Å². The Morgan fingerprint density at radius 1 is 1.30 bits per heavy atom. The van der Waals surface area contributed by atoms with Gasteiger partial charge in [-0.25, -0.2) is 0 Å². The van der Waals surface area contributed by atoms with Crippen molar-refractivity contribution in [3.63, 3.8) is 0 Å². The van der Waals surface area contributed by atoms with Crippen molar-refractivity contribution < 1.29 is 13.9 Å². The van der Waals surface area contributed by atoms with Crippen molar-refractivity contribution in [2.75, 3.05) is 7.11 Å². The lowest BCUT2D eigenvalue weighted by Gasteiger charge is -2.33. The van der Waals surface area contributed by atoms with E-state index in [1.54, 1.807) is 20.1 Å². The fraction of sp³-hybridized carbons (Fsp3) is 0.438. The monoisotopic (exact) mass is 274 g/mol. The molecule has 0 saturated carbocycles. The first-order valence-electron chi connectivity index (χ1n) is 6.74. The highest BCUT2D eigenvalue weighted by molar-refractivity contribution is 5.88. The first-order valence-corrected chi connectivity index (χ1v) is 6.74. The van der Waals surface area contributed by atoms with E-state index < -0.39 is 0 Å². The molecule has 2 heterocycles. The Labute approximate surface area is 117 Å². The van der Waals surface area contributed by atoms with Crippen LogP contribution in [0.3, 0.4) is 0 Å². The number of fused-ring (bicyclic) bond motifs is 3. The van der Waals surface area contributed by atoms with Gasteiger partial charge in [0.2, 0.25) is 0 Å². The van der Waals surface area contributed by atoms with E-state index in [-0.39, 0.29) is 11.0 Å². The van der Waals surface area contributed by atoms with E-state index >= 15 is 0 Å². The Balaban J connectivity index is 2.38. The molecule has 0 spiro atoms. The van der Waals surface area contributed by atoms with Gasteiger partial charge in [-0.3, -0.25) is 4.79 Å². The number of ether oxygens (including phenoxy) is 2. The lowest BCUT2D eigenvalue weighted by Crippen LogP contribution is -2.32. The van der Waals surface area contributed by atoms with E-state index in [0.29, 0.717) is 22.5 Å². The van der Waals surface area contributed by atoms with Gasteiger partial charge in [0.05, 0.1) is 7.11 Å². The van der Waals surface area contributed by atoms with Gasteiger partial charge in [-0.1, -0.05) is 0 Å². The van der Waals surface area contributed by atoms with Gasteiger partial charge in [0.1, 0.15) is 33.8 Å². The molecule has 0 radical (unpaired) electrons. The molecule has 0 unspecified atom stereocenters. The van der Waals surface area contributed by atoms with E-state index in [1.807, 2.05) is 0 Å². The van der Waals surface area contributed by atoms with Crippen LogP contribution in [0.4, 0.5) is 0 Å². The third kappa shape index (κ3) is 1.96. The van der Waals surface area contributed by atoms with E-state index in [9.17, 15) is 4.79 Å². The summed E-state index contributed by atoms with van der Waals surface area (Å²) < 4.78 is 17.1. The van der Waals surface area contributed by atoms with Crippen molar-refractivity contribution in [1.82, 2.24) is 0 Å². The summed E-state index contributed by atoms with van der Waals surface area (Å²) in [4.78, 5) is 12.2. The molecule has 1 aromatic carbocycles. The largest absolute Gasteiger partial charge is 0.496 e. The van der Waals surface area contributed by atoms with Gasteiger partial charge in [-0.2, -0.15) is 0 Å². The van der Waals surface area contributed by atoms with E-state index in [2.05, 4.69) is 13.8 Å². The highest BCUT2D eigenvalue weighted by Gasteiger charge is 2.30. The summed E-state index contributed by atoms with van der Waals surface area (Å²) in [5.41, 5.74) is 1.27. The number of benzene rings is 1. The first-order chi connectivity index (χ1) is 9.41. The van der Waals surface area contributed by atoms with Crippen molar-refractivity contribution in [1.29, 1.82) is 0 Å². The Hall–Kier alpha value is -1.97. The van der Waals surface area contributed by atoms with Crippen molar-refractivity contribution in [2.24, 2.45) is 0 Å². The van der Waals surface area contributed by atoms with E-state index in [1.165, 1.54) is 6.07 Å². The zero-order valence-electron chi connectivity index (χ0n) is 12.2. The SMILES string of the molecule is COc1cc2c(c3oc(C)cc(=O)c13)CCC(C)(C)O2. The predicted octanol–water partition coefficient (Wildman–Crippen LogP) is 3.21. The molecule has 0 N–H and O–H groups in total. The molecular formula is C16H18O4. The quantitative estimate of drug-likeness (QED) is 0.801. The summed E-state index contributed by atoms with van der Waals surface area (Å²) in [5.74, 6) is 1.85. The van der Waals surface area contributed by atoms with Gasteiger partial charge in [0, 0.05) is 17.7 Å². The highest BCUT2D eigenvalue weighted by Crippen LogP contribution is 2.41. The van der Waals surface area contributed by atoms with Crippen LogP contribution < -0.4 is 14.9 Å². The lowest BCUT2D eigenvalue weighted by atomic mass is 9.93. The topological polar surface area (TPSA) is 48.7 Å². The van der Waals surface area contributed by atoms with Crippen LogP contribution in [0.1, 0.15) is 31.6 Å². The Kier molecular flexibility index (Phi) is 2.78. The maximum absolute atomic E-state index is 12.2. The number of aryl methyl sites for hydroxylation is 2. The average molecular weight is 274 g/mol. The molecule has 3 rings (SSSR count). The van der Waals surface area contributed by atoms with Crippen molar-refractivity contribution >= 4 is 11.0 Å². The van der Waals surface area contributed by atoms with Crippen LogP contribution in [0.2, 0.25) is 0 Å². The summed E-state index contributed by atoms with van der Waals surface area (Å²) in [5, 5.41) is 0.500. The smallest absolute Gasteiger partial charge is 0.196 e. The van der Waals surface area contributed by atoms with Crippen LogP contribution in [0.5, 0.6) is 11.5 Å². The van der Waals surface area contributed by atoms with E-state index in [4.69, 9.17) is 13.9 Å². The maximum Gasteiger partial charge on any atom is 0.196 e. The molecule has 0 amide bonds. The van der Waals surface area contributed by atoms with Crippen LogP contribution >= 0.6 is 0 Å². The molecule has 20 heavy (non-hydrogen) atoms. The number of hydrogen-bond acceptors (Lipinski definition) is 4. The van der Waals surface area contributed by atoms with E-state index in [0.717, 1.165) is 24.2 Å². The minimum atomic E-state index is -0.212. The summed E-state index contributed by atoms with van der Waals surface area (Å²) in [6.07, 6.45) is 1.72. The van der Waals surface area contributed by atoms with Gasteiger partial charge in [0.15, 0.2) is 5.43 Å². The molecule has 2 aromatic rings. The number of rotatable bonds is 1. The highest BCUT2D eigenvalue weighted by atomic mass is 16.5. The first kappa shape index (κ1) is 13.0. The van der Waals surface area contributed by atoms with Crippen LogP contribution in [0, 0.1) is 6.92 Å². The Morgan fingerprint density at radius 2 is 2.05 bits per heavy atom. The molecule has 0 atom stereocenters. The fourth-order valence-electron chi connectivity index (χ4n) is 2.71.